The molecule has 0 aliphatic rings. The molecule has 1 aromatic heterocycles. The third kappa shape index (κ3) is 3.58. The lowest BCUT2D eigenvalue weighted by molar-refractivity contribution is 0.648. The van der Waals surface area contributed by atoms with E-state index in [-0.39, 0.29) is 5.56 Å². The zero-order chi connectivity index (χ0) is 13.7. The van der Waals surface area contributed by atoms with Crippen molar-refractivity contribution in [2.45, 2.75) is 32.1 Å². The van der Waals surface area contributed by atoms with E-state index in [0.717, 1.165) is 60.1 Å². The molecule has 0 radical (unpaired) electrons. The van der Waals surface area contributed by atoms with Crippen LogP contribution >= 0.6 is 11.6 Å². The number of hydrogen-bond donors (Lipinski definition) is 2. The molecule has 0 saturated carbocycles. The Bertz CT molecular complexity index is 607. The number of nitrogens with two attached hydrogens (primary N) is 1. The summed E-state index contributed by atoms with van der Waals surface area (Å²) in [4.78, 5) is 14.1. The minimum absolute atomic E-state index is 0.0799. The maximum Gasteiger partial charge on any atom is 0.248 e. The van der Waals surface area contributed by atoms with Gasteiger partial charge in [-0.1, -0.05) is 24.4 Å². The molecule has 0 unspecified atom stereocenters. The second-order valence-electron chi connectivity index (χ2n) is 4.76. The van der Waals surface area contributed by atoms with Crippen molar-refractivity contribution in [3.63, 3.8) is 0 Å². The van der Waals surface area contributed by atoms with E-state index in [0.29, 0.717) is 0 Å². The Morgan fingerprint density at radius 3 is 2.63 bits per heavy atom. The molecule has 4 heteroatoms. The number of aromatic nitrogens is 1. The molecule has 2 rings (SSSR count). The number of fused-ring (bicyclic) bond motifs is 1. The van der Waals surface area contributed by atoms with Gasteiger partial charge in [0.05, 0.1) is 0 Å². The van der Waals surface area contributed by atoms with Gasteiger partial charge in [0.1, 0.15) is 0 Å². The van der Waals surface area contributed by atoms with Crippen molar-refractivity contribution >= 4 is 22.5 Å². The fourth-order valence-corrected chi connectivity index (χ4v) is 2.58. The van der Waals surface area contributed by atoms with E-state index in [1.807, 2.05) is 18.2 Å². The molecule has 2 aromatic rings. The fourth-order valence-electron chi connectivity index (χ4n) is 2.32. The van der Waals surface area contributed by atoms with Crippen LogP contribution in [-0.2, 0) is 6.42 Å². The molecular weight excluding hydrogens is 260 g/mol. The smallest absolute Gasteiger partial charge is 0.248 e. The summed E-state index contributed by atoms with van der Waals surface area (Å²) in [6, 6.07) is 7.12. The van der Waals surface area contributed by atoms with Crippen LogP contribution < -0.4 is 11.3 Å². The number of hydrogen-bond acceptors (Lipinski definition) is 2. The van der Waals surface area contributed by atoms with Gasteiger partial charge < -0.3 is 10.7 Å². The van der Waals surface area contributed by atoms with Gasteiger partial charge >= 0.3 is 0 Å². The van der Waals surface area contributed by atoms with Crippen molar-refractivity contribution in [1.82, 2.24) is 4.98 Å². The molecule has 0 aliphatic carbocycles. The first-order valence-electron chi connectivity index (χ1n) is 6.73. The third-order valence-corrected chi connectivity index (χ3v) is 3.69. The summed E-state index contributed by atoms with van der Waals surface area (Å²) in [6.45, 7) is 0.760. The van der Waals surface area contributed by atoms with E-state index in [1.165, 1.54) is 0 Å². The number of nitrogens with one attached hydrogen (secondary N) is 1. The number of aryl methyl sites for hydroxylation is 1. The highest BCUT2D eigenvalue weighted by Crippen LogP contribution is 2.26. The third-order valence-electron chi connectivity index (χ3n) is 3.34. The lowest BCUT2D eigenvalue weighted by Crippen LogP contribution is -2.03. The Kier molecular flexibility index (Phi) is 5.00. The maximum atomic E-state index is 11.3. The standard InChI is InChI=1S/C15H19ClN2O/c16-13-7-8-14-12(6-9-15(19)18-14)11(13)5-3-1-2-4-10-17/h6-9H,1-5,10,17H2,(H,18,19). The highest BCUT2D eigenvalue weighted by atomic mass is 35.5. The van der Waals surface area contributed by atoms with Crippen LogP contribution in [0.3, 0.4) is 0 Å². The molecule has 0 atom stereocenters. The second-order valence-corrected chi connectivity index (χ2v) is 5.17. The minimum Gasteiger partial charge on any atom is -0.330 e. The summed E-state index contributed by atoms with van der Waals surface area (Å²) in [5.74, 6) is 0. The largest absolute Gasteiger partial charge is 0.330 e. The summed E-state index contributed by atoms with van der Waals surface area (Å²) in [6.07, 6.45) is 5.43. The average molecular weight is 279 g/mol. The first-order chi connectivity index (χ1) is 9.22. The SMILES string of the molecule is NCCCCCCc1c(Cl)ccc2[nH]c(=O)ccc12. The predicted molar refractivity (Wildman–Crippen MR) is 80.8 cm³/mol. The number of unbranched alkanes of at least 4 members (excludes halogenated alkanes) is 3. The highest BCUT2D eigenvalue weighted by molar-refractivity contribution is 6.32. The Morgan fingerprint density at radius 1 is 1.05 bits per heavy atom. The van der Waals surface area contributed by atoms with Gasteiger partial charge in [-0.05, 0) is 49.6 Å². The van der Waals surface area contributed by atoms with Crippen LogP contribution in [-0.4, -0.2) is 11.5 Å². The summed E-state index contributed by atoms with van der Waals surface area (Å²) in [7, 11) is 0. The van der Waals surface area contributed by atoms with Crippen LogP contribution in [0.5, 0.6) is 0 Å². The molecule has 102 valence electrons. The van der Waals surface area contributed by atoms with Crippen molar-refractivity contribution < 1.29 is 0 Å². The van der Waals surface area contributed by atoms with Gasteiger partial charge in [-0.15, -0.1) is 0 Å². The molecule has 0 spiro atoms. The summed E-state index contributed by atoms with van der Waals surface area (Å²) in [5.41, 5.74) is 7.38. The van der Waals surface area contributed by atoms with Crippen LogP contribution in [0.4, 0.5) is 0 Å². The Hall–Kier alpha value is -1.32. The van der Waals surface area contributed by atoms with Gasteiger partial charge in [0.15, 0.2) is 0 Å². The number of pyridine rings is 1. The van der Waals surface area contributed by atoms with Crippen molar-refractivity contribution in [3.8, 4) is 0 Å². The van der Waals surface area contributed by atoms with Gasteiger partial charge in [0.2, 0.25) is 5.56 Å². The summed E-state index contributed by atoms with van der Waals surface area (Å²) in [5, 5.41) is 1.82. The molecule has 0 saturated heterocycles. The van der Waals surface area contributed by atoms with Gasteiger partial charge in [0.25, 0.3) is 0 Å². The average Bonchev–Trinajstić information content (AvgIpc) is 2.41. The van der Waals surface area contributed by atoms with Gasteiger partial charge in [-0.3, -0.25) is 4.79 Å². The molecule has 1 heterocycles. The topological polar surface area (TPSA) is 58.9 Å². The van der Waals surface area contributed by atoms with Crippen molar-refractivity contribution in [2.24, 2.45) is 5.73 Å². The van der Waals surface area contributed by atoms with Crippen molar-refractivity contribution in [2.75, 3.05) is 6.54 Å². The van der Waals surface area contributed by atoms with Crippen LogP contribution in [0, 0.1) is 0 Å². The Labute approximate surface area is 117 Å². The normalized spacial score (nSPS) is 11.1. The zero-order valence-corrected chi connectivity index (χ0v) is 11.7. The fraction of sp³-hybridized carbons (Fsp3) is 0.400. The van der Waals surface area contributed by atoms with E-state index in [2.05, 4.69) is 4.98 Å². The van der Waals surface area contributed by atoms with E-state index in [4.69, 9.17) is 17.3 Å². The molecule has 0 fully saturated rings. The lowest BCUT2D eigenvalue weighted by Gasteiger charge is -2.08. The highest BCUT2D eigenvalue weighted by Gasteiger charge is 2.06. The van der Waals surface area contributed by atoms with Crippen LogP contribution in [0.1, 0.15) is 31.2 Å². The molecule has 0 aliphatic heterocycles. The summed E-state index contributed by atoms with van der Waals surface area (Å²) >= 11 is 6.27. The van der Waals surface area contributed by atoms with E-state index >= 15 is 0 Å². The molecule has 3 nitrogen and oxygen atoms in total. The van der Waals surface area contributed by atoms with Crippen LogP contribution in [0.15, 0.2) is 29.1 Å². The van der Waals surface area contributed by atoms with Gasteiger partial charge in [0, 0.05) is 22.0 Å². The van der Waals surface area contributed by atoms with E-state index < -0.39 is 0 Å². The van der Waals surface area contributed by atoms with Crippen molar-refractivity contribution in [1.29, 1.82) is 0 Å². The molecule has 1 aromatic carbocycles. The Balaban J connectivity index is 2.17. The number of H-pyrrole nitrogens is 1. The van der Waals surface area contributed by atoms with Gasteiger partial charge in [-0.25, -0.2) is 0 Å². The molecule has 19 heavy (non-hydrogen) atoms. The first-order valence-corrected chi connectivity index (χ1v) is 7.10. The molecule has 0 bridgehead atoms. The second kappa shape index (κ2) is 6.73. The van der Waals surface area contributed by atoms with E-state index in [9.17, 15) is 4.79 Å². The Morgan fingerprint density at radius 2 is 1.84 bits per heavy atom. The zero-order valence-electron chi connectivity index (χ0n) is 10.9. The predicted octanol–water partition coefficient (Wildman–Crippen LogP) is 3.24. The number of aromatic amines is 1. The molecular formula is C15H19ClN2O. The van der Waals surface area contributed by atoms with Crippen LogP contribution in [0.2, 0.25) is 5.02 Å². The maximum absolute atomic E-state index is 11.3. The van der Waals surface area contributed by atoms with E-state index in [1.54, 1.807) is 6.07 Å². The van der Waals surface area contributed by atoms with Crippen molar-refractivity contribution in [3.05, 3.63) is 45.2 Å². The quantitative estimate of drug-likeness (QED) is 0.797. The molecule has 0 amide bonds. The van der Waals surface area contributed by atoms with Gasteiger partial charge in [-0.2, -0.15) is 0 Å². The summed E-state index contributed by atoms with van der Waals surface area (Å²) < 4.78 is 0. The first kappa shape index (κ1) is 14.1. The number of rotatable bonds is 6. The minimum atomic E-state index is -0.0799. The number of benzene rings is 1. The number of halogens is 1. The van der Waals surface area contributed by atoms with Crippen LogP contribution in [0.25, 0.3) is 10.9 Å². The monoisotopic (exact) mass is 278 g/mol. The lowest BCUT2D eigenvalue weighted by atomic mass is 10.0. The molecule has 3 N–H and O–H groups in total.